The van der Waals surface area contributed by atoms with Gasteiger partial charge in [-0.15, -0.1) is 17.8 Å². The lowest BCUT2D eigenvalue weighted by Gasteiger charge is -2.29. The van der Waals surface area contributed by atoms with Crippen LogP contribution in [-0.4, -0.2) is 43.6 Å². The van der Waals surface area contributed by atoms with Crippen molar-refractivity contribution in [3.05, 3.63) is 63.0 Å². The molecule has 1 aliphatic rings. The number of carbonyl (C=O) groups excluding carboxylic acids is 2. The lowest BCUT2D eigenvalue weighted by atomic mass is 10.1. The number of aromatic nitrogens is 1. The van der Waals surface area contributed by atoms with E-state index in [2.05, 4.69) is 26.8 Å². The van der Waals surface area contributed by atoms with Crippen LogP contribution in [0, 0.1) is 12.3 Å². The third-order valence-corrected chi connectivity index (χ3v) is 6.59. The van der Waals surface area contributed by atoms with E-state index in [0.717, 1.165) is 10.2 Å². The molecule has 33 heavy (non-hydrogen) atoms. The van der Waals surface area contributed by atoms with E-state index < -0.39 is 6.04 Å². The Morgan fingerprint density at radius 1 is 1.21 bits per heavy atom. The average molecular weight is 526 g/mol. The number of terminal acetylenes is 1. The normalized spacial score (nSPS) is 15.3. The summed E-state index contributed by atoms with van der Waals surface area (Å²) < 4.78 is 11.7. The van der Waals surface area contributed by atoms with Crippen LogP contribution in [0.2, 0.25) is 0 Å². The highest BCUT2D eigenvalue weighted by Gasteiger charge is 2.38. The molecule has 2 aromatic carbocycles. The Morgan fingerprint density at radius 2 is 1.88 bits per heavy atom. The Labute approximate surface area is 204 Å². The van der Waals surface area contributed by atoms with Gasteiger partial charge in [-0.25, -0.2) is 4.98 Å². The van der Waals surface area contributed by atoms with Crippen molar-refractivity contribution in [1.29, 1.82) is 0 Å². The zero-order valence-electron chi connectivity index (χ0n) is 17.9. The Balaban J connectivity index is 1.74. The summed E-state index contributed by atoms with van der Waals surface area (Å²) in [6.45, 7) is 0.331. The van der Waals surface area contributed by atoms with Crippen molar-refractivity contribution in [3.8, 4) is 23.8 Å². The molecule has 7 nitrogen and oxygen atoms in total. The monoisotopic (exact) mass is 525 g/mol. The second-order valence-corrected chi connectivity index (χ2v) is 9.04. The third-order valence-electron chi connectivity index (χ3n) is 5.29. The summed E-state index contributed by atoms with van der Waals surface area (Å²) in [5.41, 5.74) is 1.54. The van der Waals surface area contributed by atoms with Gasteiger partial charge in [0.1, 0.15) is 17.2 Å². The Kier molecular flexibility index (Phi) is 6.67. The minimum Gasteiger partial charge on any atom is -0.497 e. The van der Waals surface area contributed by atoms with Crippen LogP contribution in [-0.2, 0) is 4.79 Å². The zero-order valence-corrected chi connectivity index (χ0v) is 20.4. The number of amides is 2. The van der Waals surface area contributed by atoms with Crippen LogP contribution in [0.15, 0.2) is 52.3 Å². The molecule has 1 saturated heterocycles. The number of rotatable bonds is 6. The van der Waals surface area contributed by atoms with Gasteiger partial charge in [0.15, 0.2) is 5.01 Å². The van der Waals surface area contributed by atoms with Crippen LogP contribution in [0.25, 0.3) is 0 Å². The van der Waals surface area contributed by atoms with Gasteiger partial charge in [-0.2, -0.15) is 0 Å². The Morgan fingerprint density at radius 3 is 2.45 bits per heavy atom. The van der Waals surface area contributed by atoms with Gasteiger partial charge in [0.05, 0.1) is 25.9 Å². The van der Waals surface area contributed by atoms with E-state index in [0.29, 0.717) is 28.7 Å². The number of benzene rings is 2. The highest BCUT2D eigenvalue weighted by Crippen LogP contribution is 2.34. The molecule has 0 radical (unpaired) electrons. The standard InChI is InChI=1S/C24H20BrN3O4S/c1-4-22-26-21(14-33-22)24(30)28(17-9-19(31-2)12-20(10-17)32-3)18-11-23(29)27(13-18)16-7-5-15(25)6-8-16/h1,5-10,12,14,18H,11,13H2,2-3H3. The third kappa shape index (κ3) is 4.72. The van der Waals surface area contributed by atoms with Crippen molar-refractivity contribution in [2.75, 3.05) is 30.6 Å². The summed E-state index contributed by atoms with van der Waals surface area (Å²) >= 11 is 4.64. The van der Waals surface area contributed by atoms with E-state index in [-0.39, 0.29) is 23.9 Å². The minimum atomic E-state index is -0.429. The van der Waals surface area contributed by atoms with Gasteiger partial charge in [-0.1, -0.05) is 15.9 Å². The SMILES string of the molecule is C#Cc1nc(C(=O)N(c2cc(OC)cc(OC)c2)C2CC(=O)N(c3ccc(Br)cc3)C2)cs1. The molecule has 1 fully saturated rings. The smallest absolute Gasteiger partial charge is 0.278 e. The number of anilines is 2. The zero-order chi connectivity index (χ0) is 23.5. The number of methoxy groups -OCH3 is 2. The molecule has 0 N–H and O–H groups in total. The summed E-state index contributed by atoms with van der Waals surface area (Å²) in [5, 5.41) is 2.05. The first-order valence-electron chi connectivity index (χ1n) is 9.98. The molecular formula is C24H20BrN3O4S. The van der Waals surface area contributed by atoms with E-state index in [4.69, 9.17) is 15.9 Å². The van der Waals surface area contributed by atoms with Crippen LogP contribution < -0.4 is 19.3 Å². The molecule has 1 aliphatic heterocycles. The highest BCUT2D eigenvalue weighted by atomic mass is 79.9. The van der Waals surface area contributed by atoms with Gasteiger partial charge < -0.3 is 19.3 Å². The van der Waals surface area contributed by atoms with Crippen LogP contribution in [0.1, 0.15) is 21.9 Å². The predicted molar refractivity (Wildman–Crippen MR) is 131 cm³/mol. The molecule has 1 unspecified atom stereocenters. The molecule has 3 aromatic rings. The molecule has 0 aliphatic carbocycles. The maximum absolute atomic E-state index is 13.6. The summed E-state index contributed by atoms with van der Waals surface area (Å²) in [7, 11) is 3.08. The summed E-state index contributed by atoms with van der Waals surface area (Å²) in [6, 6.07) is 12.3. The summed E-state index contributed by atoms with van der Waals surface area (Å²) in [6.07, 6.45) is 5.61. The molecule has 168 valence electrons. The van der Waals surface area contributed by atoms with Crippen molar-refractivity contribution in [1.82, 2.24) is 4.98 Å². The number of hydrogen-bond acceptors (Lipinski definition) is 6. The van der Waals surface area contributed by atoms with E-state index in [1.54, 1.807) is 47.6 Å². The maximum atomic E-state index is 13.6. The first kappa shape index (κ1) is 22.8. The first-order valence-corrected chi connectivity index (χ1v) is 11.7. The Bertz CT molecular complexity index is 1210. The summed E-state index contributed by atoms with van der Waals surface area (Å²) in [5.74, 6) is 3.09. The van der Waals surface area contributed by atoms with Gasteiger partial charge in [0.25, 0.3) is 5.91 Å². The van der Waals surface area contributed by atoms with E-state index in [9.17, 15) is 9.59 Å². The lowest BCUT2D eigenvalue weighted by Crippen LogP contribution is -2.42. The molecule has 9 heteroatoms. The van der Waals surface area contributed by atoms with E-state index >= 15 is 0 Å². The van der Waals surface area contributed by atoms with Gasteiger partial charge >= 0.3 is 0 Å². The van der Waals surface area contributed by atoms with Gasteiger partial charge in [-0.05, 0) is 30.2 Å². The second kappa shape index (κ2) is 9.65. The lowest BCUT2D eigenvalue weighted by molar-refractivity contribution is -0.117. The van der Waals surface area contributed by atoms with Gasteiger partial charge in [0.2, 0.25) is 5.91 Å². The molecule has 2 amide bonds. The fraction of sp³-hybridized carbons (Fsp3) is 0.208. The second-order valence-electron chi connectivity index (χ2n) is 7.27. The average Bonchev–Trinajstić information content (AvgIpc) is 3.46. The number of carbonyl (C=O) groups is 2. The van der Waals surface area contributed by atoms with Gasteiger partial charge in [0, 0.05) is 46.7 Å². The van der Waals surface area contributed by atoms with Crippen LogP contribution >= 0.6 is 27.3 Å². The predicted octanol–water partition coefficient (Wildman–Crippen LogP) is 4.36. The quantitative estimate of drug-likeness (QED) is 0.447. The van der Waals surface area contributed by atoms with Crippen molar-refractivity contribution in [3.63, 3.8) is 0 Å². The van der Waals surface area contributed by atoms with Crippen LogP contribution in [0.5, 0.6) is 11.5 Å². The first-order chi connectivity index (χ1) is 15.9. The van der Waals surface area contributed by atoms with Crippen molar-refractivity contribution in [2.45, 2.75) is 12.5 Å². The fourth-order valence-electron chi connectivity index (χ4n) is 3.72. The molecule has 1 aromatic heterocycles. The van der Waals surface area contributed by atoms with Crippen molar-refractivity contribution < 1.29 is 19.1 Å². The van der Waals surface area contributed by atoms with E-state index in [1.165, 1.54) is 11.3 Å². The molecule has 1 atom stereocenters. The molecular weight excluding hydrogens is 506 g/mol. The topological polar surface area (TPSA) is 72.0 Å². The van der Waals surface area contributed by atoms with Gasteiger partial charge in [-0.3, -0.25) is 9.59 Å². The molecule has 0 saturated carbocycles. The molecule has 4 rings (SSSR count). The van der Waals surface area contributed by atoms with Crippen LogP contribution in [0.4, 0.5) is 11.4 Å². The Hall–Kier alpha value is -3.35. The maximum Gasteiger partial charge on any atom is 0.278 e. The highest BCUT2D eigenvalue weighted by molar-refractivity contribution is 9.10. The van der Waals surface area contributed by atoms with Crippen molar-refractivity contribution in [2.24, 2.45) is 0 Å². The summed E-state index contributed by atoms with van der Waals surface area (Å²) in [4.78, 5) is 34.1. The fourth-order valence-corrected chi connectivity index (χ4v) is 4.58. The minimum absolute atomic E-state index is 0.0717. The number of hydrogen-bond donors (Lipinski definition) is 0. The number of halogens is 1. The largest absolute Gasteiger partial charge is 0.497 e. The van der Waals surface area contributed by atoms with Crippen molar-refractivity contribution >= 4 is 50.5 Å². The molecule has 0 spiro atoms. The number of ether oxygens (including phenoxy) is 2. The van der Waals surface area contributed by atoms with E-state index in [1.807, 2.05) is 24.3 Å². The van der Waals surface area contributed by atoms with Crippen LogP contribution in [0.3, 0.4) is 0 Å². The molecule has 0 bridgehead atoms. The number of nitrogens with zero attached hydrogens (tertiary/aromatic N) is 3. The number of thiazole rings is 1. The molecule has 2 heterocycles.